The highest BCUT2D eigenvalue weighted by atomic mass is 35.5. The van der Waals surface area contributed by atoms with Crippen LogP contribution >= 0.6 is 34.5 Å². The number of benzene rings is 1. The number of carbonyl (C=O) groups excluding carboxylic acids is 1. The van der Waals surface area contributed by atoms with Gasteiger partial charge in [-0.15, -0.1) is 11.3 Å². The molecule has 0 aliphatic rings. The Hall–Kier alpha value is -1.10. The van der Waals surface area contributed by atoms with Gasteiger partial charge >= 0.3 is 0 Å². The van der Waals surface area contributed by atoms with Crippen LogP contribution in [0.2, 0.25) is 10.0 Å². The van der Waals surface area contributed by atoms with Gasteiger partial charge in [-0.3, -0.25) is 4.79 Å². The van der Waals surface area contributed by atoms with Gasteiger partial charge in [0.05, 0.1) is 16.2 Å². The number of amides is 1. The van der Waals surface area contributed by atoms with Crippen molar-refractivity contribution in [2.45, 2.75) is 6.92 Å². The van der Waals surface area contributed by atoms with E-state index in [2.05, 4.69) is 10.3 Å². The van der Waals surface area contributed by atoms with Crippen molar-refractivity contribution in [2.24, 2.45) is 0 Å². The summed E-state index contributed by atoms with van der Waals surface area (Å²) in [6.07, 6.45) is 0. The summed E-state index contributed by atoms with van der Waals surface area (Å²) in [6, 6.07) is 3.34. The van der Waals surface area contributed by atoms with E-state index >= 15 is 0 Å². The number of nitrogens with one attached hydrogen (secondary N) is 1. The SMILES string of the molecule is Cc1cc(Cl)c(NC(=O)c2cscn2)cc1Cl. The Morgan fingerprint density at radius 2 is 2.12 bits per heavy atom. The lowest BCUT2D eigenvalue weighted by Gasteiger charge is -2.08. The molecular weight excluding hydrogens is 279 g/mol. The molecule has 0 saturated heterocycles. The van der Waals surface area contributed by atoms with Crippen LogP contribution in [0, 0.1) is 6.92 Å². The van der Waals surface area contributed by atoms with Crippen LogP contribution in [0.4, 0.5) is 5.69 Å². The molecule has 0 radical (unpaired) electrons. The summed E-state index contributed by atoms with van der Waals surface area (Å²) >= 11 is 13.3. The molecule has 17 heavy (non-hydrogen) atoms. The zero-order valence-electron chi connectivity index (χ0n) is 8.83. The molecule has 1 heterocycles. The van der Waals surface area contributed by atoms with E-state index in [4.69, 9.17) is 23.2 Å². The molecule has 3 nitrogen and oxygen atoms in total. The van der Waals surface area contributed by atoms with Gasteiger partial charge in [-0.2, -0.15) is 0 Å². The molecule has 0 bridgehead atoms. The van der Waals surface area contributed by atoms with Crippen molar-refractivity contribution >= 4 is 46.1 Å². The number of aryl methyl sites for hydroxylation is 1. The third-order valence-electron chi connectivity index (χ3n) is 2.16. The first-order valence-electron chi connectivity index (χ1n) is 4.73. The molecule has 6 heteroatoms. The highest BCUT2D eigenvalue weighted by Crippen LogP contribution is 2.29. The highest BCUT2D eigenvalue weighted by molar-refractivity contribution is 7.07. The normalized spacial score (nSPS) is 10.3. The Morgan fingerprint density at radius 1 is 1.35 bits per heavy atom. The number of hydrogen-bond donors (Lipinski definition) is 1. The van der Waals surface area contributed by atoms with Gasteiger partial charge < -0.3 is 5.32 Å². The van der Waals surface area contributed by atoms with E-state index in [1.165, 1.54) is 11.3 Å². The fraction of sp³-hybridized carbons (Fsp3) is 0.0909. The summed E-state index contributed by atoms with van der Waals surface area (Å²) in [7, 11) is 0. The molecule has 0 atom stereocenters. The summed E-state index contributed by atoms with van der Waals surface area (Å²) in [5, 5.41) is 5.35. The van der Waals surface area contributed by atoms with Crippen LogP contribution in [0.25, 0.3) is 0 Å². The number of rotatable bonds is 2. The van der Waals surface area contributed by atoms with Gasteiger partial charge in [-0.25, -0.2) is 4.98 Å². The topological polar surface area (TPSA) is 42.0 Å². The van der Waals surface area contributed by atoms with E-state index < -0.39 is 0 Å². The Labute approximate surface area is 112 Å². The Bertz CT molecular complexity index is 555. The van der Waals surface area contributed by atoms with Gasteiger partial charge in [-0.05, 0) is 24.6 Å². The number of aromatic nitrogens is 1. The Morgan fingerprint density at radius 3 is 2.76 bits per heavy atom. The van der Waals surface area contributed by atoms with Gasteiger partial charge in [0.25, 0.3) is 5.91 Å². The smallest absolute Gasteiger partial charge is 0.275 e. The van der Waals surface area contributed by atoms with Crippen molar-refractivity contribution in [1.29, 1.82) is 0 Å². The zero-order chi connectivity index (χ0) is 12.4. The molecule has 0 aliphatic heterocycles. The first kappa shape index (κ1) is 12.4. The lowest BCUT2D eigenvalue weighted by Crippen LogP contribution is -2.12. The van der Waals surface area contributed by atoms with Crippen molar-refractivity contribution in [2.75, 3.05) is 5.32 Å². The van der Waals surface area contributed by atoms with Crippen molar-refractivity contribution in [3.05, 3.63) is 44.3 Å². The van der Waals surface area contributed by atoms with Crippen molar-refractivity contribution in [3.8, 4) is 0 Å². The Kier molecular flexibility index (Phi) is 3.66. The van der Waals surface area contributed by atoms with E-state index in [9.17, 15) is 4.79 Å². The molecule has 1 aromatic heterocycles. The first-order valence-corrected chi connectivity index (χ1v) is 6.43. The van der Waals surface area contributed by atoms with Crippen LogP contribution in [0.15, 0.2) is 23.0 Å². The molecule has 0 fully saturated rings. The number of hydrogen-bond acceptors (Lipinski definition) is 3. The average Bonchev–Trinajstić information content (AvgIpc) is 2.79. The number of carbonyl (C=O) groups is 1. The van der Waals surface area contributed by atoms with Crippen LogP contribution < -0.4 is 5.32 Å². The van der Waals surface area contributed by atoms with Gasteiger partial charge in [-0.1, -0.05) is 23.2 Å². The second-order valence-electron chi connectivity index (χ2n) is 3.41. The molecule has 1 amide bonds. The molecule has 88 valence electrons. The van der Waals surface area contributed by atoms with Crippen LogP contribution in [0.3, 0.4) is 0 Å². The van der Waals surface area contributed by atoms with Gasteiger partial charge in [0.2, 0.25) is 0 Å². The third kappa shape index (κ3) is 2.77. The van der Waals surface area contributed by atoms with Crippen molar-refractivity contribution in [1.82, 2.24) is 4.98 Å². The highest BCUT2D eigenvalue weighted by Gasteiger charge is 2.11. The lowest BCUT2D eigenvalue weighted by atomic mass is 10.2. The van der Waals surface area contributed by atoms with E-state index in [-0.39, 0.29) is 5.91 Å². The standard InChI is InChI=1S/C11H8Cl2N2OS/c1-6-2-8(13)9(3-7(6)12)15-11(16)10-4-17-5-14-10/h2-5H,1H3,(H,15,16). The van der Waals surface area contributed by atoms with Crippen LogP contribution in [-0.2, 0) is 0 Å². The minimum Gasteiger partial charge on any atom is -0.319 e. The molecule has 0 spiro atoms. The predicted molar refractivity (Wildman–Crippen MR) is 71.3 cm³/mol. The molecular formula is C11H8Cl2N2OS. The van der Waals surface area contributed by atoms with E-state index in [1.807, 2.05) is 6.92 Å². The van der Waals surface area contributed by atoms with Crippen LogP contribution in [0.1, 0.15) is 16.1 Å². The number of nitrogens with zero attached hydrogens (tertiary/aromatic N) is 1. The number of halogens is 2. The fourth-order valence-electron chi connectivity index (χ4n) is 1.25. The third-order valence-corrected chi connectivity index (χ3v) is 3.47. The maximum atomic E-state index is 11.8. The summed E-state index contributed by atoms with van der Waals surface area (Å²) < 4.78 is 0. The summed E-state index contributed by atoms with van der Waals surface area (Å²) in [6.45, 7) is 1.85. The minimum atomic E-state index is -0.298. The lowest BCUT2D eigenvalue weighted by molar-refractivity contribution is 0.102. The summed E-state index contributed by atoms with van der Waals surface area (Å²) in [4.78, 5) is 15.7. The van der Waals surface area contributed by atoms with Gasteiger partial charge in [0.1, 0.15) is 5.69 Å². The van der Waals surface area contributed by atoms with Crippen LogP contribution in [0.5, 0.6) is 0 Å². The number of anilines is 1. The summed E-state index contributed by atoms with van der Waals surface area (Å²) in [5.41, 5.74) is 3.31. The van der Waals surface area contributed by atoms with Crippen LogP contribution in [-0.4, -0.2) is 10.9 Å². The van der Waals surface area contributed by atoms with Gasteiger partial charge in [0, 0.05) is 10.4 Å². The molecule has 0 unspecified atom stereocenters. The number of thiazole rings is 1. The van der Waals surface area contributed by atoms with E-state index in [0.29, 0.717) is 21.4 Å². The molecule has 2 aromatic rings. The molecule has 0 saturated carbocycles. The average molecular weight is 287 g/mol. The maximum Gasteiger partial charge on any atom is 0.275 e. The molecule has 1 N–H and O–H groups in total. The molecule has 2 rings (SSSR count). The molecule has 0 aliphatic carbocycles. The quantitative estimate of drug-likeness (QED) is 0.906. The predicted octanol–water partition coefficient (Wildman–Crippen LogP) is 4.01. The second-order valence-corrected chi connectivity index (χ2v) is 4.94. The fourth-order valence-corrected chi connectivity index (χ4v) is 2.21. The Balaban J connectivity index is 2.25. The monoisotopic (exact) mass is 286 g/mol. The van der Waals surface area contributed by atoms with E-state index in [1.54, 1.807) is 23.0 Å². The minimum absolute atomic E-state index is 0.298. The summed E-state index contributed by atoms with van der Waals surface area (Å²) in [5.74, 6) is -0.298. The van der Waals surface area contributed by atoms with Crippen molar-refractivity contribution in [3.63, 3.8) is 0 Å². The van der Waals surface area contributed by atoms with Crippen molar-refractivity contribution < 1.29 is 4.79 Å². The zero-order valence-corrected chi connectivity index (χ0v) is 11.2. The second kappa shape index (κ2) is 5.04. The maximum absolute atomic E-state index is 11.8. The largest absolute Gasteiger partial charge is 0.319 e. The van der Waals surface area contributed by atoms with E-state index in [0.717, 1.165) is 5.56 Å². The van der Waals surface area contributed by atoms with Gasteiger partial charge in [0.15, 0.2) is 0 Å². The molecule has 1 aromatic carbocycles. The first-order chi connectivity index (χ1) is 8.08.